The summed E-state index contributed by atoms with van der Waals surface area (Å²) in [6.07, 6.45) is 0. The maximum Gasteiger partial charge on any atom is 0.242 e. The van der Waals surface area contributed by atoms with Gasteiger partial charge in [0.2, 0.25) is 10.0 Å². The summed E-state index contributed by atoms with van der Waals surface area (Å²) >= 11 is 3.22. The van der Waals surface area contributed by atoms with Gasteiger partial charge < -0.3 is 9.52 Å². The molecule has 1 heterocycles. The first kappa shape index (κ1) is 16.2. The number of benzene rings is 1. The number of hydrogen-bond acceptors (Lipinski definition) is 4. The van der Waals surface area contributed by atoms with Crippen LogP contribution in [0.5, 0.6) is 0 Å². The van der Waals surface area contributed by atoms with Gasteiger partial charge in [0.25, 0.3) is 0 Å². The fourth-order valence-corrected chi connectivity index (χ4v) is 4.24. The summed E-state index contributed by atoms with van der Waals surface area (Å²) in [5.41, 5.74) is 0.635. The average Bonchev–Trinajstić information content (AvgIpc) is 2.84. The van der Waals surface area contributed by atoms with Crippen LogP contribution in [0.3, 0.4) is 0 Å². The lowest BCUT2D eigenvalue weighted by Crippen LogP contribution is -2.27. The summed E-state index contributed by atoms with van der Waals surface area (Å²) in [6.45, 7) is 3.37. The highest BCUT2D eigenvalue weighted by Gasteiger charge is 2.22. The van der Waals surface area contributed by atoms with Crippen LogP contribution in [0.1, 0.15) is 30.0 Å². The van der Waals surface area contributed by atoms with Crippen LogP contribution < -0.4 is 4.72 Å². The van der Waals surface area contributed by atoms with Crippen molar-refractivity contribution in [3.63, 3.8) is 0 Å². The van der Waals surface area contributed by atoms with E-state index < -0.39 is 16.1 Å². The molecular weight excluding hydrogens is 358 g/mol. The Morgan fingerprint density at radius 1 is 1.33 bits per heavy atom. The molecule has 1 unspecified atom stereocenters. The molecule has 0 bridgehead atoms. The first-order valence-electron chi connectivity index (χ1n) is 6.31. The van der Waals surface area contributed by atoms with E-state index in [4.69, 9.17) is 9.52 Å². The molecule has 0 aliphatic carbocycles. The van der Waals surface area contributed by atoms with Crippen LogP contribution >= 0.6 is 15.9 Å². The first-order chi connectivity index (χ1) is 9.83. The van der Waals surface area contributed by atoms with E-state index in [0.29, 0.717) is 15.8 Å². The highest BCUT2D eigenvalue weighted by Crippen LogP contribution is 2.25. The SMILES string of the molecule is Cc1ccc(C(C)NS(=O)(=O)c2ccc(CO)cc2Br)o1. The van der Waals surface area contributed by atoms with E-state index in [1.807, 2.05) is 0 Å². The summed E-state index contributed by atoms with van der Waals surface area (Å²) in [6, 6.07) is 7.65. The number of nitrogens with one attached hydrogen (secondary N) is 1. The summed E-state index contributed by atoms with van der Waals surface area (Å²) in [7, 11) is -3.69. The quantitative estimate of drug-likeness (QED) is 0.844. The molecule has 1 aromatic carbocycles. The zero-order valence-corrected chi connectivity index (χ0v) is 14.0. The van der Waals surface area contributed by atoms with Crippen molar-refractivity contribution in [3.05, 3.63) is 51.9 Å². The molecule has 0 saturated heterocycles. The summed E-state index contributed by atoms with van der Waals surface area (Å²) in [5.74, 6) is 1.28. The molecule has 5 nitrogen and oxygen atoms in total. The molecule has 0 aliphatic rings. The van der Waals surface area contributed by atoms with Gasteiger partial charge in [-0.15, -0.1) is 0 Å². The Kier molecular flexibility index (Phi) is 4.88. The monoisotopic (exact) mass is 373 g/mol. The number of sulfonamides is 1. The van der Waals surface area contributed by atoms with Gasteiger partial charge in [-0.3, -0.25) is 0 Å². The third kappa shape index (κ3) is 3.74. The van der Waals surface area contributed by atoms with Gasteiger partial charge in [0.15, 0.2) is 0 Å². The molecule has 1 aromatic heterocycles. The lowest BCUT2D eigenvalue weighted by atomic mass is 10.2. The Bertz CT molecular complexity index is 739. The molecular formula is C14H16BrNO4S. The van der Waals surface area contributed by atoms with E-state index in [1.54, 1.807) is 38.1 Å². The van der Waals surface area contributed by atoms with Crippen LogP contribution in [-0.4, -0.2) is 13.5 Å². The second-order valence-electron chi connectivity index (χ2n) is 4.71. The molecule has 0 aliphatic heterocycles. The zero-order chi connectivity index (χ0) is 15.6. The topological polar surface area (TPSA) is 79.5 Å². The minimum atomic E-state index is -3.69. The highest BCUT2D eigenvalue weighted by atomic mass is 79.9. The molecule has 0 spiro atoms. The molecule has 114 valence electrons. The van der Waals surface area contributed by atoms with E-state index in [-0.39, 0.29) is 11.5 Å². The van der Waals surface area contributed by atoms with Gasteiger partial charge in [-0.05, 0) is 59.6 Å². The molecule has 0 fully saturated rings. The summed E-state index contributed by atoms with van der Waals surface area (Å²) in [4.78, 5) is 0.120. The van der Waals surface area contributed by atoms with Crippen molar-refractivity contribution in [2.75, 3.05) is 0 Å². The standard InChI is InChI=1S/C14H16BrNO4S/c1-9-3-5-13(20-9)10(2)16-21(18,19)14-6-4-11(8-17)7-12(14)15/h3-7,10,16-17H,8H2,1-2H3. The molecule has 7 heteroatoms. The third-order valence-electron chi connectivity index (χ3n) is 2.99. The van der Waals surface area contributed by atoms with E-state index in [0.717, 1.165) is 5.76 Å². The third-order valence-corrected chi connectivity index (χ3v) is 5.51. The van der Waals surface area contributed by atoms with Gasteiger partial charge in [-0.1, -0.05) is 6.07 Å². The van der Waals surface area contributed by atoms with Crippen LogP contribution in [0.2, 0.25) is 0 Å². The van der Waals surface area contributed by atoms with Crippen molar-refractivity contribution in [3.8, 4) is 0 Å². The van der Waals surface area contributed by atoms with Crippen LogP contribution in [0.15, 0.2) is 44.1 Å². The second kappa shape index (κ2) is 6.31. The number of aryl methyl sites for hydroxylation is 1. The average molecular weight is 374 g/mol. The van der Waals surface area contributed by atoms with Crippen molar-refractivity contribution >= 4 is 26.0 Å². The fraction of sp³-hybridized carbons (Fsp3) is 0.286. The molecule has 21 heavy (non-hydrogen) atoms. The van der Waals surface area contributed by atoms with Crippen LogP contribution in [0.4, 0.5) is 0 Å². The largest absolute Gasteiger partial charge is 0.465 e. The van der Waals surface area contributed by atoms with Gasteiger partial charge in [0, 0.05) is 4.47 Å². The molecule has 2 rings (SSSR count). The predicted molar refractivity (Wildman–Crippen MR) is 82.2 cm³/mol. The van der Waals surface area contributed by atoms with Crippen molar-refractivity contribution < 1.29 is 17.9 Å². The Hall–Kier alpha value is -1.15. The van der Waals surface area contributed by atoms with Crippen LogP contribution in [-0.2, 0) is 16.6 Å². The second-order valence-corrected chi connectivity index (χ2v) is 7.25. The zero-order valence-electron chi connectivity index (χ0n) is 11.6. The van der Waals surface area contributed by atoms with Crippen molar-refractivity contribution in [2.24, 2.45) is 0 Å². The number of furan rings is 1. The smallest absolute Gasteiger partial charge is 0.242 e. The van der Waals surface area contributed by atoms with E-state index in [2.05, 4.69) is 20.7 Å². The Morgan fingerprint density at radius 2 is 2.05 bits per heavy atom. The number of rotatable bonds is 5. The van der Waals surface area contributed by atoms with Crippen molar-refractivity contribution in [1.29, 1.82) is 0 Å². The van der Waals surface area contributed by atoms with Gasteiger partial charge in [-0.2, -0.15) is 0 Å². The Labute approximate surface area is 132 Å². The van der Waals surface area contributed by atoms with E-state index >= 15 is 0 Å². The fourth-order valence-electron chi connectivity index (χ4n) is 1.90. The Morgan fingerprint density at radius 3 is 2.57 bits per heavy atom. The van der Waals surface area contributed by atoms with Gasteiger partial charge >= 0.3 is 0 Å². The number of aliphatic hydroxyl groups is 1. The molecule has 0 radical (unpaired) electrons. The lowest BCUT2D eigenvalue weighted by Gasteiger charge is -2.13. The van der Waals surface area contributed by atoms with Crippen LogP contribution in [0.25, 0.3) is 0 Å². The minimum Gasteiger partial charge on any atom is -0.465 e. The van der Waals surface area contributed by atoms with Gasteiger partial charge in [0.1, 0.15) is 11.5 Å². The van der Waals surface area contributed by atoms with Crippen molar-refractivity contribution in [2.45, 2.75) is 31.4 Å². The molecule has 2 N–H and O–H groups in total. The Balaban J connectivity index is 2.26. The lowest BCUT2D eigenvalue weighted by molar-refractivity contribution is 0.281. The predicted octanol–water partition coefficient (Wildman–Crippen LogP) is 2.88. The van der Waals surface area contributed by atoms with E-state index in [9.17, 15) is 8.42 Å². The maximum atomic E-state index is 12.4. The molecule has 0 amide bonds. The number of hydrogen-bond donors (Lipinski definition) is 2. The van der Waals surface area contributed by atoms with Crippen molar-refractivity contribution in [1.82, 2.24) is 4.72 Å². The molecule has 0 saturated carbocycles. The summed E-state index contributed by atoms with van der Waals surface area (Å²) in [5, 5.41) is 9.05. The normalized spacial score (nSPS) is 13.3. The maximum absolute atomic E-state index is 12.4. The van der Waals surface area contributed by atoms with Crippen LogP contribution in [0, 0.1) is 6.92 Å². The summed E-state index contributed by atoms with van der Waals surface area (Å²) < 4.78 is 33.2. The minimum absolute atomic E-state index is 0.120. The first-order valence-corrected chi connectivity index (χ1v) is 8.59. The molecule has 1 atom stereocenters. The molecule has 2 aromatic rings. The number of halogens is 1. The van der Waals surface area contributed by atoms with Gasteiger partial charge in [-0.25, -0.2) is 13.1 Å². The van der Waals surface area contributed by atoms with Gasteiger partial charge in [0.05, 0.1) is 17.5 Å². The highest BCUT2D eigenvalue weighted by molar-refractivity contribution is 9.10. The van der Waals surface area contributed by atoms with E-state index in [1.165, 1.54) is 6.07 Å². The number of aliphatic hydroxyl groups excluding tert-OH is 1.